The molecule has 0 bridgehead atoms. The van der Waals surface area contributed by atoms with Crippen molar-refractivity contribution in [3.8, 4) is 23.0 Å². The van der Waals surface area contributed by atoms with E-state index in [2.05, 4.69) is 157 Å². The van der Waals surface area contributed by atoms with Gasteiger partial charge in [-0.05, 0) is 110 Å². The molecule has 0 radical (unpaired) electrons. The molecule has 1 unspecified atom stereocenters. The summed E-state index contributed by atoms with van der Waals surface area (Å²) < 4.78 is 11.3. The topological polar surface area (TPSA) is 44.9 Å². The molecular weight excluding hydrogens is 625 g/mol. The predicted octanol–water partition coefficient (Wildman–Crippen LogP) is 12.5. The molecular formula is C46H54N4O. The molecule has 5 nitrogen and oxygen atoms in total. The molecule has 3 aromatic carbocycles. The summed E-state index contributed by atoms with van der Waals surface area (Å²) in [4.78, 5) is 4.87. The number of rotatable bonds is 8. The van der Waals surface area contributed by atoms with Crippen LogP contribution >= 0.6 is 0 Å². The van der Waals surface area contributed by atoms with E-state index in [1.807, 2.05) is 6.20 Å². The average Bonchev–Trinajstić information content (AvgIpc) is 3.58. The zero-order valence-electron chi connectivity index (χ0n) is 32.2. The SMILES string of the molecule is CC1=CCC[C@H](C)C1c1c(C)nn(-c2cc(Oc3ccc4c5ccccc5n(-c5cc(CC(C)C)ccn5)c4c3)cc(C(C)(C)C)c2)c1C(C)C. The van der Waals surface area contributed by atoms with Crippen LogP contribution in [-0.2, 0) is 11.8 Å². The molecule has 3 aromatic heterocycles. The summed E-state index contributed by atoms with van der Waals surface area (Å²) in [6.45, 7) is 22.8. The monoisotopic (exact) mass is 678 g/mol. The number of allylic oxidation sites excluding steroid dienone is 2. The number of benzene rings is 3. The fourth-order valence-electron chi connectivity index (χ4n) is 8.30. The number of nitrogens with zero attached hydrogens (tertiary/aromatic N) is 4. The molecule has 0 saturated heterocycles. The quantitative estimate of drug-likeness (QED) is 0.151. The van der Waals surface area contributed by atoms with Crippen molar-refractivity contribution in [1.82, 2.24) is 19.3 Å². The fourth-order valence-corrected chi connectivity index (χ4v) is 8.30. The third-order valence-corrected chi connectivity index (χ3v) is 10.7. The molecule has 0 amide bonds. The highest BCUT2D eigenvalue weighted by molar-refractivity contribution is 6.09. The summed E-state index contributed by atoms with van der Waals surface area (Å²) in [5.74, 6) is 4.38. The van der Waals surface area contributed by atoms with Gasteiger partial charge in [-0.2, -0.15) is 5.10 Å². The molecule has 0 N–H and O–H groups in total. The fraction of sp³-hybridized carbons (Fsp3) is 0.391. The standard InChI is InChI=1S/C46H54N4O/c1-28(2)22-33-20-21-47-42(23-33)49-40-17-12-11-16-38(40)39-19-18-36(27-41(39)49)51-37-25-34(46(8,9)10)24-35(26-37)50-45(29(3)4)44(32(7)48-50)43-30(5)14-13-15-31(43)6/h11-12,14,16-21,23-29,31,43H,13,15,22H2,1-10H3/t31-,43?/m0/s1. The molecule has 51 heavy (non-hydrogen) atoms. The maximum absolute atomic E-state index is 6.85. The number of para-hydroxylation sites is 1. The smallest absolute Gasteiger partial charge is 0.137 e. The summed E-state index contributed by atoms with van der Waals surface area (Å²) in [7, 11) is 0. The Balaban J connectivity index is 1.35. The minimum atomic E-state index is -0.0859. The van der Waals surface area contributed by atoms with Gasteiger partial charge in [0.05, 0.1) is 28.1 Å². The van der Waals surface area contributed by atoms with Crippen LogP contribution in [0.1, 0.15) is 115 Å². The number of hydrogen-bond acceptors (Lipinski definition) is 3. The van der Waals surface area contributed by atoms with E-state index in [0.29, 0.717) is 23.7 Å². The van der Waals surface area contributed by atoms with Crippen molar-refractivity contribution in [3.63, 3.8) is 0 Å². The van der Waals surface area contributed by atoms with E-state index in [1.165, 1.54) is 45.2 Å². The first kappa shape index (κ1) is 34.8. The Morgan fingerprint density at radius 2 is 1.63 bits per heavy atom. The minimum absolute atomic E-state index is 0.0859. The number of fused-ring (bicyclic) bond motifs is 3. The lowest BCUT2D eigenvalue weighted by Crippen LogP contribution is -2.18. The van der Waals surface area contributed by atoms with Crippen molar-refractivity contribution < 1.29 is 4.74 Å². The molecule has 0 aliphatic heterocycles. The van der Waals surface area contributed by atoms with Gasteiger partial charge in [0.2, 0.25) is 0 Å². The molecule has 0 fully saturated rings. The van der Waals surface area contributed by atoms with Gasteiger partial charge in [0.1, 0.15) is 17.3 Å². The lowest BCUT2D eigenvalue weighted by atomic mass is 9.74. The van der Waals surface area contributed by atoms with Crippen molar-refractivity contribution in [1.29, 1.82) is 0 Å². The predicted molar refractivity (Wildman–Crippen MR) is 213 cm³/mol. The van der Waals surface area contributed by atoms with Crippen LogP contribution in [0.2, 0.25) is 0 Å². The molecule has 1 aliphatic rings. The van der Waals surface area contributed by atoms with Gasteiger partial charge in [0, 0.05) is 40.6 Å². The van der Waals surface area contributed by atoms with Gasteiger partial charge >= 0.3 is 0 Å². The molecule has 0 saturated carbocycles. The Morgan fingerprint density at radius 3 is 2.35 bits per heavy atom. The van der Waals surface area contributed by atoms with E-state index in [1.54, 1.807) is 0 Å². The van der Waals surface area contributed by atoms with Gasteiger partial charge in [-0.15, -0.1) is 0 Å². The summed E-state index contributed by atoms with van der Waals surface area (Å²) >= 11 is 0. The Morgan fingerprint density at radius 1 is 0.863 bits per heavy atom. The Hall–Kier alpha value is -4.64. The van der Waals surface area contributed by atoms with E-state index in [0.717, 1.165) is 52.6 Å². The summed E-state index contributed by atoms with van der Waals surface area (Å²) in [5.41, 5.74) is 11.0. The Labute approximate surface area is 304 Å². The zero-order chi connectivity index (χ0) is 36.2. The van der Waals surface area contributed by atoms with Gasteiger partial charge in [0.25, 0.3) is 0 Å². The third-order valence-electron chi connectivity index (χ3n) is 10.7. The Kier molecular flexibility index (Phi) is 9.20. The van der Waals surface area contributed by atoms with Crippen LogP contribution < -0.4 is 4.74 Å². The van der Waals surface area contributed by atoms with Gasteiger partial charge in [-0.1, -0.05) is 85.2 Å². The molecule has 0 spiro atoms. The molecule has 6 aromatic rings. The van der Waals surface area contributed by atoms with Crippen LogP contribution in [0.4, 0.5) is 0 Å². The first-order valence-electron chi connectivity index (χ1n) is 18.9. The number of aromatic nitrogens is 4. The van der Waals surface area contributed by atoms with Crippen molar-refractivity contribution in [2.45, 2.75) is 106 Å². The first-order chi connectivity index (χ1) is 24.3. The van der Waals surface area contributed by atoms with Gasteiger partial charge in [-0.3, -0.25) is 4.57 Å². The van der Waals surface area contributed by atoms with Crippen molar-refractivity contribution in [2.24, 2.45) is 11.8 Å². The van der Waals surface area contributed by atoms with Crippen molar-refractivity contribution in [3.05, 3.63) is 119 Å². The largest absolute Gasteiger partial charge is 0.457 e. The molecule has 2 atom stereocenters. The van der Waals surface area contributed by atoms with Gasteiger partial charge in [0.15, 0.2) is 0 Å². The number of pyridine rings is 1. The summed E-state index contributed by atoms with van der Waals surface area (Å²) in [6.07, 6.45) is 7.76. The van der Waals surface area contributed by atoms with Crippen LogP contribution in [0.3, 0.4) is 0 Å². The highest BCUT2D eigenvalue weighted by Gasteiger charge is 2.32. The Bertz CT molecular complexity index is 2260. The van der Waals surface area contributed by atoms with E-state index in [9.17, 15) is 0 Å². The number of ether oxygens (including phenoxy) is 1. The number of aryl methyl sites for hydroxylation is 1. The summed E-state index contributed by atoms with van der Waals surface area (Å²) in [6, 6.07) is 26.1. The lowest BCUT2D eigenvalue weighted by Gasteiger charge is -2.30. The minimum Gasteiger partial charge on any atom is -0.457 e. The lowest BCUT2D eigenvalue weighted by molar-refractivity contribution is 0.445. The van der Waals surface area contributed by atoms with Crippen LogP contribution in [0.15, 0.2) is 90.6 Å². The zero-order valence-corrected chi connectivity index (χ0v) is 32.2. The molecule has 3 heterocycles. The van der Waals surface area contributed by atoms with E-state index in [-0.39, 0.29) is 5.41 Å². The molecule has 7 rings (SSSR count). The number of hydrogen-bond donors (Lipinski definition) is 0. The van der Waals surface area contributed by atoms with Crippen LogP contribution in [0.25, 0.3) is 33.3 Å². The summed E-state index contributed by atoms with van der Waals surface area (Å²) in [5, 5.41) is 7.66. The third kappa shape index (κ3) is 6.64. The highest BCUT2D eigenvalue weighted by atomic mass is 16.5. The van der Waals surface area contributed by atoms with Gasteiger partial charge < -0.3 is 4.74 Å². The van der Waals surface area contributed by atoms with Crippen LogP contribution in [0, 0.1) is 18.8 Å². The van der Waals surface area contributed by atoms with E-state index in [4.69, 9.17) is 14.8 Å². The van der Waals surface area contributed by atoms with Crippen molar-refractivity contribution in [2.75, 3.05) is 0 Å². The molecule has 1 aliphatic carbocycles. The van der Waals surface area contributed by atoms with E-state index < -0.39 is 0 Å². The molecule has 264 valence electrons. The van der Waals surface area contributed by atoms with Crippen molar-refractivity contribution >= 4 is 21.8 Å². The van der Waals surface area contributed by atoms with Crippen LogP contribution in [-0.4, -0.2) is 19.3 Å². The van der Waals surface area contributed by atoms with Gasteiger partial charge in [-0.25, -0.2) is 9.67 Å². The van der Waals surface area contributed by atoms with E-state index >= 15 is 0 Å². The highest BCUT2D eigenvalue weighted by Crippen LogP contribution is 2.44. The maximum Gasteiger partial charge on any atom is 0.137 e. The van der Waals surface area contributed by atoms with Crippen LogP contribution in [0.5, 0.6) is 11.5 Å². The second-order valence-electron chi connectivity index (χ2n) is 16.7. The first-order valence-corrected chi connectivity index (χ1v) is 18.9. The molecule has 5 heteroatoms. The average molecular weight is 679 g/mol. The second-order valence-corrected chi connectivity index (χ2v) is 16.7. The second kappa shape index (κ2) is 13.5. The normalized spacial score (nSPS) is 16.8. The maximum atomic E-state index is 6.85.